The van der Waals surface area contributed by atoms with E-state index in [-0.39, 0.29) is 12.8 Å². The van der Waals surface area contributed by atoms with Crippen molar-refractivity contribution in [1.29, 1.82) is 0 Å². The van der Waals surface area contributed by atoms with Gasteiger partial charge >= 0.3 is 11.9 Å². The number of hydrogen-bond acceptors (Lipinski definition) is 3. The summed E-state index contributed by atoms with van der Waals surface area (Å²) in [5.41, 5.74) is 0.931. The molecule has 1 aromatic rings. The lowest BCUT2D eigenvalue weighted by Gasteiger charge is -2.11. The van der Waals surface area contributed by atoms with Gasteiger partial charge in [0.1, 0.15) is 0 Å². The van der Waals surface area contributed by atoms with Crippen LogP contribution in [0.3, 0.4) is 0 Å². The molecule has 1 aromatic carbocycles. The number of hydrogen-bond donors (Lipinski definition) is 2. The monoisotopic (exact) mass is 588 g/mol. The molecule has 0 saturated carbocycles. The smallest absolute Gasteiger partial charge is 0.307 e. The summed E-state index contributed by atoms with van der Waals surface area (Å²) in [6, 6.07) is 1.66. The van der Waals surface area contributed by atoms with Crippen LogP contribution in [0.1, 0.15) is 11.1 Å². The molecule has 0 aliphatic carbocycles. The first-order valence-electron chi connectivity index (χ1n) is 4.57. The molecule has 0 saturated heterocycles. The van der Waals surface area contributed by atoms with E-state index in [0.29, 0.717) is 14.7 Å². The van der Waals surface area contributed by atoms with E-state index < -0.39 is 33.1 Å². The summed E-state index contributed by atoms with van der Waals surface area (Å²) in [5, 5.41) is 17.7. The van der Waals surface area contributed by atoms with E-state index in [2.05, 4.69) is 0 Å². The Hall–Kier alpha value is 0.150. The van der Waals surface area contributed by atoms with Gasteiger partial charge in [-0.25, -0.2) is 0 Å². The lowest BCUT2D eigenvalue weighted by atomic mass is 10.1. The van der Waals surface area contributed by atoms with Gasteiger partial charge in [-0.2, -0.15) is 0 Å². The normalized spacial score (nSPS) is 10.3. The van der Waals surface area contributed by atoms with E-state index in [4.69, 9.17) is 10.2 Å². The van der Waals surface area contributed by atoms with Crippen LogP contribution in [0.5, 0.6) is 0 Å². The molecule has 18 heavy (non-hydrogen) atoms. The van der Waals surface area contributed by atoms with Gasteiger partial charge in [-0.05, 0) is 62.4 Å². The Morgan fingerprint density at radius 2 is 1.72 bits per heavy atom. The number of carboxylic acids is 2. The number of halogens is 3. The Morgan fingerprint density at radius 1 is 1.17 bits per heavy atom. The Balaban J connectivity index is 3.45. The van der Waals surface area contributed by atoms with Gasteiger partial charge in [-0.3, -0.25) is 12.7 Å². The van der Waals surface area contributed by atoms with Gasteiger partial charge < -0.3 is 10.2 Å². The maximum atomic E-state index is 11.3. The summed E-state index contributed by atoms with van der Waals surface area (Å²) < 4.78 is 13.2. The highest BCUT2D eigenvalue weighted by atomic mass is 127. The summed E-state index contributed by atoms with van der Waals surface area (Å²) in [5.74, 6) is -2.04. The quantitative estimate of drug-likeness (QED) is 0.408. The van der Waals surface area contributed by atoms with Crippen molar-refractivity contribution in [2.24, 2.45) is 0 Å². The number of rotatable bonds is 5. The zero-order valence-corrected chi connectivity index (χ0v) is 15.2. The zero-order chi connectivity index (χ0) is 13.9. The molecule has 0 spiro atoms. The lowest BCUT2D eigenvalue weighted by Crippen LogP contribution is -2.10. The van der Waals surface area contributed by atoms with Crippen molar-refractivity contribution in [3.05, 3.63) is 27.9 Å². The third-order valence-corrected chi connectivity index (χ3v) is 6.97. The molecule has 0 heterocycles. The van der Waals surface area contributed by atoms with Crippen LogP contribution < -0.4 is 0 Å². The zero-order valence-electron chi connectivity index (χ0n) is 8.74. The summed E-state index contributed by atoms with van der Waals surface area (Å²) in [7, 11) is 0. The van der Waals surface area contributed by atoms with Gasteiger partial charge in [0, 0.05) is 7.14 Å². The maximum Gasteiger partial charge on any atom is 0.307 e. The van der Waals surface area contributed by atoms with E-state index >= 15 is 0 Å². The van der Waals surface area contributed by atoms with Crippen molar-refractivity contribution >= 4 is 78.3 Å². The Bertz CT molecular complexity index is 527. The highest BCUT2D eigenvalue weighted by Gasteiger charge is 2.19. The van der Waals surface area contributed by atoms with E-state index in [1.807, 2.05) is 45.2 Å². The summed E-state index contributed by atoms with van der Waals surface area (Å²) in [4.78, 5) is 21.6. The molecule has 0 aromatic heterocycles. The fourth-order valence-corrected chi connectivity index (χ4v) is 4.60. The Kier molecular flexibility index (Phi) is 6.37. The SMILES string of the molecule is O=Ic1c(CC(=O)O)cc(I)c(I)c1CC(=O)O. The van der Waals surface area contributed by atoms with E-state index in [9.17, 15) is 12.7 Å². The largest absolute Gasteiger partial charge is 0.481 e. The number of carboxylic acid groups (broad SMARTS) is 2. The first-order chi connectivity index (χ1) is 8.36. The van der Waals surface area contributed by atoms with Crippen molar-refractivity contribution in [1.82, 2.24) is 0 Å². The van der Waals surface area contributed by atoms with Crippen LogP contribution in [0.2, 0.25) is 0 Å². The average Bonchev–Trinajstić information content (AvgIpc) is 2.24. The first-order valence-corrected chi connectivity index (χ1v) is 8.69. The topological polar surface area (TPSA) is 91.7 Å². The summed E-state index contributed by atoms with van der Waals surface area (Å²) in [6.45, 7) is 0. The standard InChI is InChI=1S/C10H7I3O5/c11-6-1-4(2-7(14)15)10(13-18)5(9(6)12)3-8(16)17/h1H,2-3H2,(H,14,15)(H,16,17). The van der Waals surface area contributed by atoms with Crippen LogP contribution in [0.15, 0.2) is 6.07 Å². The maximum absolute atomic E-state index is 11.3. The predicted octanol–water partition coefficient (Wildman–Crippen LogP) is 2.64. The summed E-state index contributed by atoms with van der Waals surface area (Å²) in [6.07, 6.45) is -0.476. The van der Waals surface area contributed by atoms with Crippen LogP contribution in [-0.2, 0) is 25.5 Å². The molecule has 98 valence electrons. The van der Waals surface area contributed by atoms with Gasteiger partial charge in [-0.1, -0.05) is 0 Å². The lowest BCUT2D eigenvalue weighted by molar-refractivity contribution is -0.137. The van der Waals surface area contributed by atoms with Crippen molar-refractivity contribution in [2.75, 3.05) is 0 Å². The Labute approximate surface area is 140 Å². The molecule has 0 atom stereocenters. The van der Waals surface area contributed by atoms with Gasteiger partial charge in [0.05, 0.1) is 16.4 Å². The van der Waals surface area contributed by atoms with Crippen molar-refractivity contribution in [2.45, 2.75) is 12.8 Å². The average molecular weight is 588 g/mol. The van der Waals surface area contributed by atoms with Crippen LogP contribution in [0.25, 0.3) is 0 Å². The molecule has 0 unspecified atom stereocenters. The predicted molar refractivity (Wildman–Crippen MR) is 88.0 cm³/mol. The van der Waals surface area contributed by atoms with Gasteiger partial charge in [0.15, 0.2) is 21.2 Å². The van der Waals surface area contributed by atoms with Crippen LogP contribution >= 0.6 is 66.4 Å². The molecular weight excluding hydrogens is 581 g/mol. The highest BCUT2D eigenvalue weighted by molar-refractivity contribution is 14.1. The number of benzene rings is 1. The molecule has 0 aliphatic rings. The second kappa shape index (κ2) is 7.07. The summed E-state index contributed by atoms with van der Waals surface area (Å²) >= 11 is 2.40. The molecule has 8 heteroatoms. The van der Waals surface area contributed by atoms with Crippen molar-refractivity contribution < 1.29 is 22.9 Å². The fourth-order valence-electron chi connectivity index (χ4n) is 1.41. The first kappa shape index (κ1) is 16.2. The van der Waals surface area contributed by atoms with Gasteiger partial charge in [-0.15, -0.1) is 0 Å². The van der Waals surface area contributed by atoms with Crippen LogP contribution in [0, 0.1) is 10.7 Å². The van der Waals surface area contributed by atoms with Crippen LogP contribution in [-0.4, -0.2) is 22.2 Å². The number of carbonyl (C=O) groups is 2. The minimum atomic E-state index is -1.61. The molecule has 0 amide bonds. The molecule has 2 N–H and O–H groups in total. The van der Waals surface area contributed by atoms with Crippen molar-refractivity contribution in [3.63, 3.8) is 0 Å². The van der Waals surface area contributed by atoms with E-state index in [1.165, 1.54) is 0 Å². The molecule has 0 bridgehead atoms. The molecule has 0 aliphatic heterocycles. The third-order valence-electron chi connectivity index (χ3n) is 2.07. The molecule has 0 fully saturated rings. The van der Waals surface area contributed by atoms with Gasteiger partial charge in [0.2, 0.25) is 0 Å². The second-order valence-electron chi connectivity index (χ2n) is 3.34. The van der Waals surface area contributed by atoms with E-state index in [0.717, 1.165) is 7.14 Å². The number of aliphatic carboxylic acids is 2. The highest BCUT2D eigenvalue weighted by Crippen LogP contribution is 2.30. The molecule has 5 nitrogen and oxygen atoms in total. The molecular formula is C10H7I3O5. The Morgan fingerprint density at radius 3 is 2.17 bits per heavy atom. The fraction of sp³-hybridized carbons (Fsp3) is 0.200. The minimum Gasteiger partial charge on any atom is -0.481 e. The second-order valence-corrected chi connectivity index (χ2v) is 7.10. The third kappa shape index (κ3) is 4.08. The van der Waals surface area contributed by atoms with Crippen molar-refractivity contribution in [3.8, 4) is 0 Å². The van der Waals surface area contributed by atoms with Crippen LogP contribution in [0.4, 0.5) is 0 Å². The van der Waals surface area contributed by atoms with Gasteiger partial charge in [0.25, 0.3) is 0 Å². The van der Waals surface area contributed by atoms with E-state index in [1.54, 1.807) is 6.07 Å². The molecule has 1 rings (SSSR count). The molecule has 0 radical (unpaired) electrons. The minimum absolute atomic E-state index is 0.237.